The van der Waals surface area contributed by atoms with Gasteiger partial charge in [-0.25, -0.2) is 4.68 Å². The molecule has 116 valence electrons. The van der Waals surface area contributed by atoms with Gasteiger partial charge in [0.05, 0.1) is 16.5 Å². The number of rotatable bonds is 4. The van der Waals surface area contributed by atoms with Crippen LogP contribution in [-0.4, -0.2) is 15.7 Å². The highest BCUT2D eigenvalue weighted by Gasteiger charge is 2.09. The van der Waals surface area contributed by atoms with Gasteiger partial charge in [0.1, 0.15) is 6.54 Å². The minimum atomic E-state index is -0.457. The fourth-order valence-corrected chi connectivity index (χ4v) is 2.20. The molecule has 0 bridgehead atoms. The number of fused-ring (bicyclic) bond motifs is 1. The number of H-pyrrole nitrogens is 1. The van der Waals surface area contributed by atoms with Crippen LogP contribution in [0.25, 0.3) is 10.8 Å². The third-order valence-electron chi connectivity index (χ3n) is 3.31. The Morgan fingerprint density at radius 3 is 2.35 bits per heavy atom. The predicted molar refractivity (Wildman–Crippen MR) is 87.0 cm³/mol. The van der Waals surface area contributed by atoms with E-state index in [2.05, 4.69) is 16.0 Å². The number of para-hydroxylation sites is 1. The van der Waals surface area contributed by atoms with Crippen molar-refractivity contribution in [2.24, 2.45) is 0 Å². The highest BCUT2D eigenvalue weighted by atomic mass is 16.2. The number of carbonyl (C=O) groups is 1. The van der Waals surface area contributed by atoms with Gasteiger partial charge in [-0.3, -0.25) is 30.3 Å². The molecule has 1 heterocycles. The molecule has 0 saturated carbocycles. The lowest BCUT2D eigenvalue weighted by Crippen LogP contribution is -2.38. The first-order chi connectivity index (χ1) is 11.1. The van der Waals surface area contributed by atoms with Crippen LogP contribution in [0.3, 0.4) is 0 Å². The average Bonchev–Trinajstić information content (AvgIpc) is 2.59. The molecule has 0 atom stereocenters. The number of aromatic amines is 1. The van der Waals surface area contributed by atoms with Gasteiger partial charge < -0.3 is 0 Å². The number of benzene rings is 2. The van der Waals surface area contributed by atoms with E-state index in [9.17, 15) is 14.4 Å². The molecule has 0 spiro atoms. The van der Waals surface area contributed by atoms with Crippen molar-refractivity contribution in [3.63, 3.8) is 0 Å². The lowest BCUT2D eigenvalue weighted by molar-refractivity contribution is -0.121. The molecule has 0 saturated heterocycles. The monoisotopic (exact) mass is 310 g/mol. The largest absolute Gasteiger partial charge is 0.299 e. The summed E-state index contributed by atoms with van der Waals surface area (Å²) in [5, 5.41) is 2.99. The van der Waals surface area contributed by atoms with Crippen molar-refractivity contribution < 1.29 is 4.79 Å². The third kappa shape index (κ3) is 3.13. The van der Waals surface area contributed by atoms with Crippen molar-refractivity contribution in [2.75, 3.05) is 5.43 Å². The van der Waals surface area contributed by atoms with Crippen LogP contribution in [-0.2, 0) is 11.3 Å². The lowest BCUT2D eigenvalue weighted by atomic mass is 10.2. The second-order valence-electron chi connectivity index (χ2n) is 4.92. The van der Waals surface area contributed by atoms with Crippen molar-refractivity contribution in [1.82, 2.24) is 15.2 Å². The second-order valence-corrected chi connectivity index (χ2v) is 4.92. The minimum absolute atomic E-state index is 0.278. The van der Waals surface area contributed by atoms with Gasteiger partial charge in [0.15, 0.2) is 0 Å². The number of hydrogen-bond donors (Lipinski definition) is 3. The van der Waals surface area contributed by atoms with Crippen LogP contribution in [0.5, 0.6) is 0 Å². The fraction of sp³-hybridized carbons (Fsp3) is 0.0625. The van der Waals surface area contributed by atoms with Crippen LogP contribution in [0.1, 0.15) is 0 Å². The highest BCUT2D eigenvalue weighted by Crippen LogP contribution is 2.03. The molecule has 3 N–H and O–H groups in total. The maximum absolute atomic E-state index is 12.3. The van der Waals surface area contributed by atoms with Crippen LogP contribution >= 0.6 is 0 Å². The molecule has 0 unspecified atom stereocenters. The van der Waals surface area contributed by atoms with Crippen molar-refractivity contribution >= 4 is 22.4 Å². The van der Waals surface area contributed by atoms with E-state index in [1.165, 1.54) is 0 Å². The average molecular weight is 310 g/mol. The van der Waals surface area contributed by atoms with E-state index in [-0.39, 0.29) is 11.9 Å². The molecule has 1 amide bonds. The van der Waals surface area contributed by atoms with Gasteiger partial charge in [-0.2, -0.15) is 0 Å². The number of aromatic nitrogens is 2. The Labute approximate surface area is 130 Å². The Bertz CT molecular complexity index is 960. The van der Waals surface area contributed by atoms with E-state index in [4.69, 9.17) is 0 Å². The van der Waals surface area contributed by atoms with Gasteiger partial charge in [-0.1, -0.05) is 30.3 Å². The van der Waals surface area contributed by atoms with E-state index in [0.717, 1.165) is 4.68 Å². The number of nitrogens with one attached hydrogen (secondary N) is 3. The summed E-state index contributed by atoms with van der Waals surface area (Å²) in [6.45, 7) is -0.293. The van der Waals surface area contributed by atoms with Crippen molar-refractivity contribution in [1.29, 1.82) is 0 Å². The quantitative estimate of drug-likeness (QED) is 0.622. The first kappa shape index (κ1) is 14.6. The first-order valence-electron chi connectivity index (χ1n) is 6.97. The normalized spacial score (nSPS) is 10.4. The Morgan fingerprint density at radius 1 is 0.957 bits per heavy atom. The maximum atomic E-state index is 12.3. The highest BCUT2D eigenvalue weighted by molar-refractivity contribution is 5.81. The summed E-state index contributed by atoms with van der Waals surface area (Å²) in [5.41, 5.74) is 5.07. The molecule has 3 rings (SSSR count). The molecular formula is C16H14N4O3. The Hall–Kier alpha value is -3.35. The molecule has 0 aliphatic rings. The molecular weight excluding hydrogens is 296 g/mol. The minimum Gasteiger partial charge on any atom is -0.299 e. The summed E-state index contributed by atoms with van der Waals surface area (Å²) in [6, 6.07) is 15.5. The molecule has 0 radical (unpaired) electrons. The molecule has 0 aliphatic heterocycles. The molecule has 0 fully saturated rings. The Morgan fingerprint density at radius 2 is 1.61 bits per heavy atom. The number of nitrogens with zero attached hydrogens (tertiary/aromatic N) is 1. The summed E-state index contributed by atoms with van der Waals surface area (Å²) < 4.78 is 0.993. The zero-order chi connectivity index (χ0) is 16.2. The van der Waals surface area contributed by atoms with Crippen LogP contribution < -0.4 is 22.0 Å². The Kier molecular flexibility index (Phi) is 3.92. The Balaban J connectivity index is 1.79. The second kappa shape index (κ2) is 6.18. The maximum Gasteiger partial charge on any atom is 0.273 e. The van der Waals surface area contributed by atoms with E-state index in [0.29, 0.717) is 11.1 Å². The molecule has 3 aromatic rings. The summed E-state index contributed by atoms with van der Waals surface area (Å²) in [6.07, 6.45) is 0. The van der Waals surface area contributed by atoms with Crippen LogP contribution in [0.4, 0.5) is 5.69 Å². The number of hydrazine groups is 1. The van der Waals surface area contributed by atoms with E-state index in [1.54, 1.807) is 36.4 Å². The van der Waals surface area contributed by atoms with Gasteiger partial charge >= 0.3 is 0 Å². The zero-order valence-electron chi connectivity index (χ0n) is 12.1. The topological polar surface area (TPSA) is 96.0 Å². The smallest absolute Gasteiger partial charge is 0.273 e. The number of carbonyl (C=O) groups excluding carboxylic acids is 1. The summed E-state index contributed by atoms with van der Waals surface area (Å²) in [5.74, 6) is -0.457. The fourth-order valence-electron chi connectivity index (χ4n) is 2.20. The van der Waals surface area contributed by atoms with Crippen LogP contribution in [0.2, 0.25) is 0 Å². The number of hydrogen-bond acceptors (Lipinski definition) is 4. The summed E-state index contributed by atoms with van der Waals surface area (Å²) in [4.78, 5) is 36.2. The van der Waals surface area contributed by atoms with E-state index >= 15 is 0 Å². The summed E-state index contributed by atoms with van der Waals surface area (Å²) >= 11 is 0. The van der Waals surface area contributed by atoms with Gasteiger partial charge in [0.25, 0.3) is 17.0 Å². The SMILES string of the molecule is O=C(Cn1[nH]c(=O)c2ccccc2c1=O)NNc1ccccc1. The van der Waals surface area contributed by atoms with E-state index < -0.39 is 17.0 Å². The standard InChI is InChI=1S/C16H14N4O3/c21-14(18-17-11-6-2-1-3-7-11)10-20-16(23)13-9-5-4-8-12(13)15(22)19-20/h1-9,17H,10H2,(H,18,21)(H,19,22). The summed E-state index contributed by atoms with van der Waals surface area (Å²) in [7, 11) is 0. The van der Waals surface area contributed by atoms with Gasteiger partial charge in [-0.15, -0.1) is 0 Å². The number of anilines is 1. The predicted octanol–water partition coefficient (Wildman–Crippen LogP) is 0.833. The van der Waals surface area contributed by atoms with Crippen LogP contribution in [0.15, 0.2) is 64.2 Å². The third-order valence-corrected chi connectivity index (χ3v) is 3.31. The van der Waals surface area contributed by atoms with Crippen LogP contribution in [0, 0.1) is 0 Å². The zero-order valence-corrected chi connectivity index (χ0v) is 12.1. The van der Waals surface area contributed by atoms with Crippen molar-refractivity contribution in [3.8, 4) is 0 Å². The van der Waals surface area contributed by atoms with Crippen molar-refractivity contribution in [3.05, 3.63) is 75.3 Å². The van der Waals surface area contributed by atoms with Gasteiger partial charge in [-0.05, 0) is 24.3 Å². The molecule has 0 aliphatic carbocycles. The van der Waals surface area contributed by atoms with Gasteiger partial charge in [0, 0.05) is 0 Å². The molecule has 7 nitrogen and oxygen atoms in total. The lowest BCUT2D eigenvalue weighted by Gasteiger charge is -2.10. The molecule has 1 aromatic heterocycles. The van der Waals surface area contributed by atoms with E-state index in [1.807, 2.05) is 18.2 Å². The number of amides is 1. The first-order valence-corrected chi connectivity index (χ1v) is 6.97. The molecule has 7 heteroatoms. The van der Waals surface area contributed by atoms with Gasteiger partial charge in [0.2, 0.25) is 0 Å². The molecule has 23 heavy (non-hydrogen) atoms. The molecule has 2 aromatic carbocycles. The van der Waals surface area contributed by atoms with Crippen molar-refractivity contribution in [2.45, 2.75) is 6.54 Å².